The van der Waals surface area contributed by atoms with E-state index in [1.165, 1.54) is 0 Å². The molecule has 22 heavy (non-hydrogen) atoms. The molecule has 2 rings (SSSR count). The molecule has 2 N–H and O–H groups in total. The van der Waals surface area contributed by atoms with Crippen LogP contribution < -0.4 is 15.4 Å². The van der Waals surface area contributed by atoms with Crippen molar-refractivity contribution in [3.05, 3.63) is 47.5 Å². The molecule has 2 aromatic heterocycles. The summed E-state index contributed by atoms with van der Waals surface area (Å²) >= 11 is 0. The third-order valence-electron chi connectivity index (χ3n) is 3.11. The number of pyridine rings is 1. The number of nitrogens with zero attached hydrogens (tertiary/aromatic N) is 1. The first-order valence-electron chi connectivity index (χ1n) is 7.27. The van der Waals surface area contributed by atoms with Gasteiger partial charge in [0.2, 0.25) is 5.88 Å². The zero-order chi connectivity index (χ0) is 15.9. The molecule has 0 saturated heterocycles. The van der Waals surface area contributed by atoms with E-state index in [-0.39, 0.29) is 12.1 Å². The SMILES string of the molecule is CCOc1ncccc1CNC(=O)N[C@H](C)c1ccc(C)o1. The van der Waals surface area contributed by atoms with E-state index in [4.69, 9.17) is 9.15 Å². The molecule has 118 valence electrons. The smallest absolute Gasteiger partial charge is 0.315 e. The maximum atomic E-state index is 12.0. The van der Waals surface area contributed by atoms with Crippen molar-refractivity contribution >= 4 is 6.03 Å². The topological polar surface area (TPSA) is 76.4 Å². The molecule has 2 amide bonds. The van der Waals surface area contributed by atoms with Gasteiger partial charge in [-0.1, -0.05) is 6.07 Å². The molecule has 1 atom stereocenters. The van der Waals surface area contributed by atoms with Gasteiger partial charge in [-0.25, -0.2) is 9.78 Å². The van der Waals surface area contributed by atoms with E-state index in [9.17, 15) is 4.79 Å². The Bertz CT molecular complexity index is 625. The van der Waals surface area contributed by atoms with Crippen LogP contribution in [0.15, 0.2) is 34.9 Å². The molecule has 0 fully saturated rings. The highest BCUT2D eigenvalue weighted by Crippen LogP contribution is 2.16. The second kappa shape index (κ2) is 7.49. The molecular weight excluding hydrogens is 282 g/mol. The Morgan fingerprint density at radius 3 is 2.91 bits per heavy atom. The first kappa shape index (κ1) is 15.9. The number of furan rings is 1. The number of carbonyl (C=O) groups is 1. The van der Waals surface area contributed by atoms with Crippen molar-refractivity contribution in [2.45, 2.75) is 33.4 Å². The van der Waals surface area contributed by atoms with Crippen molar-refractivity contribution in [1.82, 2.24) is 15.6 Å². The zero-order valence-corrected chi connectivity index (χ0v) is 13.1. The Hall–Kier alpha value is -2.50. The molecule has 6 heteroatoms. The standard InChI is InChI=1S/C16H21N3O3/c1-4-21-15-13(6-5-9-17-15)10-18-16(20)19-12(3)14-8-7-11(2)22-14/h5-9,12H,4,10H2,1-3H3,(H2,18,19,20)/t12-/m1/s1. The first-order chi connectivity index (χ1) is 10.6. The first-order valence-corrected chi connectivity index (χ1v) is 7.27. The summed E-state index contributed by atoms with van der Waals surface area (Å²) in [6.45, 7) is 6.51. The molecule has 0 bridgehead atoms. The van der Waals surface area contributed by atoms with Crippen LogP contribution in [0.4, 0.5) is 4.79 Å². The summed E-state index contributed by atoms with van der Waals surface area (Å²) in [5.74, 6) is 2.09. The Balaban J connectivity index is 1.88. The van der Waals surface area contributed by atoms with E-state index in [0.29, 0.717) is 19.0 Å². The minimum absolute atomic E-state index is 0.200. The van der Waals surface area contributed by atoms with E-state index in [0.717, 1.165) is 17.1 Å². The summed E-state index contributed by atoms with van der Waals surface area (Å²) < 4.78 is 10.9. The molecule has 0 aromatic carbocycles. The lowest BCUT2D eigenvalue weighted by Gasteiger charge is -2.13. The summed E-state index contributed by atoms with van der Waals surface area (Å²) in [7, 11) is 0. The van der Waals surface area contributed by atoms with Crippen molar-refractivity contribution in [3.8, 4) is 5.88 Å². The van der Waals surface area contributed by atoms with E-state index >= 15 is 0 Å². The van der Waals surface area contributed by atoms with Crippen molar-refractivity contribution in [1.29, 1.82) is 0 Å². The third-order valence-corrected chi connectivity index (χ3v) is 3.11. The quantitative estimate of drug-likeness (QED) is 0.860. The molecule has 0 spiro atoms. The second-order valence-corrected chi connectivity index (χ2v) is 4.90. The van der Waals surface area contributed by atoms with Crippen LogP contribution in [0.25, 0.3) is 0 Å². The fourth-order valence-electron chi connectivity index (χ4n) is 2.01. The summed E-state index contributed by atoms with van der Waals surface area (Å²) in [5.41, 5.74) is 0.834. The average molecular weight is 303 g/mol. The highest BCUT2D eigenvalue weighted by atomic mass is 16.5. The average Bonchev–Trinajstić information content (AvgIpc) is 2.93. The number of amides is 2. The normalized spacial score (nSPS) is 11.8. The minimum atomic E-state index is -0.271. The maximum absolute atomic E-state index is 12.0. The predicted octanol–water partition coefficient (Wildman–Crippen LogP) is 2.94. The number of hydrogen-bond donors (Lipinski definition) is 2. The zero-order valence-electron chi connectivity index (χ0n) is 13.1. The van der Waals surface area contributed by atoms with E-state index in [1.807, 2.05) is 45.0 Å². The number of ether oxygens (including phenoxy) is 1. The molecule has 0 aliphatic carbocycles. The maximum Gasteiger partial charge on any atom is 0.315 e. The number of hydrogen-bond acceptors (Lipinski definition) is 4. The van der Waals surface area contributed by atoms with Crippen LogP contribution in [-0.4, -0.2) is 17.6 Å². The van der Waals surface area contributed by atoms with Gasteiger partial charge in [0.05, 0.1) is 12.6 Å². The number of nitrogens with one attached hydrogen (secondary N) is 2. The lowest BCUT2D eigenvalue weighted by Crippen LogP contribution is -2.36. The van der Waals surface area contributed by atoms with Crippen molar-refractivity contribution < 1.29 is 13.9 Å². The van der Waals surface area contributed by atoms with Gasteiger partial charge in [0.1, 0.15) is 11.5 Å². The lowest BCUT2D eigenvalue weighted by atomic mass is 10.2. The second-order valence-electron chi connectivity index (χ2n) is 4.90. The molecule has 2 heterocycles. The van der Waals surface area contributed by atoms with Gasteiger partial charge in [-0.2, -0.15) is 0 Å². The van der Waals surface area contributed by atoms with Crippen LogP contribution in [0, 0.1) is 6.92 Å². The highest BCUT2D eigenvalue weighted by Gasteiger charge is 2.13. The summed E-state index contributed by atoms with van der Waals surface area (Å²) in [4.78, 5) is 16.1. The molecule has 2 aromatic rings. The van der Waals surface area contributed by atoms with Gasteiger partial charge in [0, 0.05) is 18.3 Å². The van der Waals surface area contributed by atoms with Crippen LogP contribution >= 0.6 is 0 Å². The number of carbonyl (C=O) groups excluding carboxylic acids is 1. The Morgan fingerprint density at radius 1 is 1.41 bits per heavy atom. The molecular formula is C16H21N3O3. The largest absolute Gasteiger partial charge is 0.478 e. The Kier molecular flexibility index (Phi) is 5.41. The van der Waals surface area contributed by atoms with E-state index < -0.39 is 0 Å². The van der Waals surface area contributed by atoms with Crippen LogP contribution in [0.5, 0.6) is 5.88 Å². The number of aromatic nitrogens is 1. The van der Waals surface area contributed by atoms with E-state index in [1.54, 1.807) is 6.20 Å². The predicted molar refractivity (Wildman–Crippen MR) is 82.6 cm³/mol. The van der Waals surface area contributed by atoms with Crippen LogP contribution in [0.3, 0.4) is 0 Å². The van der Waals surface area contributed by atoms with Gasteiger partial charge in [0.25, 0.3) is 0 Å². The number of urea groups is 1. The Morgan fingerprint density at radius 2 is 2.23 bits per heavy atom. The molecule has 0 unspecified atom stereocenters. The third kappa shape index (κ3) is 4.25. The van der Waals surface area contributed by atoms with Gasteiger partial charge in [0.15, 0.2) is 0 Å². The van der Waals surface area contributed by atoms with Crippen LogP contribution in [-0.2, 0) is 6.54 Å². The molecule has 0 saturated carbocycles. The Labute approximate surface area is 129 Å². The number of rotatable bonds is 6. The molecule has 0 radical (unpaired) electrons. The van der Waals surface area contributed by atoms with Gasteiger partial charge >= 0.3 is 6.03 Å². The minimum Gasteiger partial charge on any atom is -0.478 e. The summed E-state index contributed by atoms with van der Waals surface area (Å²) in [5, 5.41) is 5.62. The van der Waals surface area contributed by atoms with Crippen molar-refractivity contribution in [2.75, 3.05) is 6.61 Å². The monoisotopic (exact) mass is 303 g/mol. The van der Waals surface area contributed by atoms with Gasteiger partial charge in [-0.3, -0.25) is 0 Å². The van der Waals surface area contributed by atoms with Crippen molar-refractivity contribution in [3.63, 3.8) is 0 Å². The van der Waals surface area contributed by atoms with Gasteiger partial charge in [-0.15, -0.1) is 0 Å². The van der Waals surface area contributed by atoms with Crippen molar-refractivity contribution in [2.24, 2.45) is 0 Å². The summed E-state index contributed by atoms with van der Waals surface area (Å²) in [6.07, 6.45) is 1.66. The fourth-order valence-corrected chi connectivity index (χ4v) is 2.01. The highest BCUT2D eigenvalue weighted by molar-refractivity contribution is 5.74. The molecule has 6 nitrogen and oxygen atoms in total. The molecule has 0 aliphatic heterocycles. The fraction of sp³-hybridized carbons (Fsp3) is 0.375. The van der Waals surface area contributed by atoms with Crippen LogP contribution in [0.2, 0.25) is 0 Å². The lowest BCUT2D eigenvalue weighted by molar-refractivity contribution is 0.235. The summed E-state index contributed by atoms with van der Waals surface area (Å²) in [6, 6.07) is 6.94. The molecule has 0 aliphatic rings. The van der Waals surface area contributed by atoms with E-state index in [2.05, 4.69) is 15.6 Å². The number of aryl methyl sites for hydroxylation is 1. The van der Waals surface area contributed by atoms with Gasteiger partial charge < -0.3 is 19.8 Å². The van der Waals surface area contributed by atoms with Gasteiger partial charge in [-0.05, 0) is 39.0 Å². The van der Waals surface area contributed by atoms with Crippen LogP contribution in [0.1, 0.15) is 37.0 Å².